The Morgan fingerprint density at radius 2 is 1.58 bits per heavy atom. The Labute approximate surface area is 113 Å². The van der Waals surface area contributed by atoms with Crippen LogP contribution in [0.3, 0.4) is 0 Å². The van der Waals surface area contributed by atoms with Crippen LogP contribution in [0.1, 0.15) is 22.7 Å². The highest BCUT2D eigenvalue weighted by atomic mass is 35.5. The van der Waals surface area contributed by atoms with Crippen LogP contribution in [0.4, 0.5) is 13.2 Å². The molecule has 0 radical (unpaired) electrons. The molecule has 2 aromatic carbocycles. The van der Waals surface area contributed by atoms with Crippen LogP contribution in [0.5, 0.6) is 0 Å². The summed E-state index contributed by atoms with van der Waals surface area (Å²) < 4.78 is 40.9. The van der Waals surface area contributed by atoms with Gasteiger partial charge in [-0.3, -0.25) is 0 Å². The van der Waals surface area contributed by atoms with E-state index in [9.17, 15) is 13.2 Å². The number of rotatable bonds is 2. The first-order chi connectivity index (χ1) is 8.90. The van der Waals surface area contributed by atoms with Gasteiger partial charge in [0.05, 0.1) is 6.04 Å². The van der Waals surface area contributed by atoms with Gasteiger partial charge in [0.2, 0.25) is 0 Å². The molecule has 0 spiro atoms. The van der Waals surface area contributed by atoms with Crippen LogP contribution in [0.15, 0.2) is 30.3 Å². The molecule has 2 aromatic rings. The maximum absolute atomic E-state index is 13.8. The molecule has 0 heterocycles. The largest absolute Gasteiger partial charge is 0.320 e. The van der Waals surface area contributed by atoms with E-state index in [-0.39, 0.29) is 21.7 Å². The SMILES string of the molecule is Cc1cc(F)c(C(N)c2cc(Cl)ccc2F)cc1F. The Morgan fingerprint density at radius 3 is 2.26 bits per heavy atom. The van der Waals surface area contributed by atoms with E-state index in [1.54, 1.807) is 0 Å². The Morgan fingerprint density at radius 1 is 0.947 bits per heavy atom. The van der Waals surface area contributed by atoms with Gasteiger partial charge in [-0.15, -0.1) is 0 Å². The summed E-state index contributed by atoms with van der Waals surface area (Å²) in [6.07, 6.45) is 0. The zero-order chi connectivity index (χ0) is 14.2. The molecular weight excluding hydrogens is 275 g/mol. The molecule has 0 aliphatic carbocycles. The van der Waals surface area contributed by atoms with Gasteiger partial charge in [-0.05, 0) is 42.8 Å². The maximum atomic E-state index is 13.8. The Hall–Kier alpha value is -1.52. The minimum Gasteiger partial charge on any atom is -0.320 e. The van der Waals surface area contributed by atoms with E-state index < -0.39 is 23.5 Å². The van der Waals surface area contributed by atoms with Crippen molar-refractivity contribution >= 4 is 11.6 Å². The fourth-order valence-corrected chi connectivity index (χ4v) is 2.00. The number of hydrogen-bond acceptors (Lipinski definition) is 1. The van der Waals surface area contributed by atoms with Crippen molar-refractivity contribution in [3.8, 4) is 0 Å². The monoisotopic (exact) mass is 285 g/mol. The lowest BCUT2D eigenvalue weighted by molar-refractivity contribution is 0.559. The molecule has 0 bridgehead atoms. The molecule has 0 aliphatic rings. The quantitative estimate of drug-likeness (QED) is 0.883. The van der Waals surface area contributed by atoms with Gasteiger partial charge in [0, 0.05) is 16.1 Å². The smallest absolute Gasteiger partial charge is 0.128 e. The number of nitrogens with two attached hydrogens (primary N) is 1. The van der Waals surface area contributed by atoms with Crippen LogP contribution < -0.4 is 5.73 Å². The van der Waals surface area contributed by atoms with Crippen molar-refractivity contribution in [3.05, 3.63) is 69.5 Å². The molecule has 1 atom stereocenters. The van der Waals surface area contributed by atoms with Crippen molar-refractivity contribution < 1.29 is 13.2 Å². The third-order valence-electron chi connectivity index (χ3n) is 2.91. The van der Waals surface area contributed by atoms with Gasteiger partial charge < -0.3 is 5.73 Å². The van der Waals surface area contributed by atoms with Crippen molar-refractivity contribution in [1.82, 2.24) is 0 Å². The second kappa shape index (κ2) is 5.23. The molecule has 0 amide bonds. The van der Waals surface area contributed by atoms with E-state index in [0.717, 1.165) is 18.2 Å². The molecule has 100 valence electrons. The van der Waals surface area contributed by atoms with E-state index in [0.29, 0.717) is 0 Å². The lowest BCUT2D eigenvalue weighted by atomic mass is 9.97. The van der Waals surface area contributed by atoms with E-state index in [1.807, 2.05) is 0 Å². The summed E-state index contributed by atoms with van der Waals surface area (Å²) in [4.78, 5) is 0. The molecule has 0 aliphatic heterocycles. The van der Waals surface area contributed by atoms with Crippen LogP contribution in [-0.2, 0) is 0 Å². The molecule has 1 unspecified atom stereocenters. The van der Waals surface area contributed by atoms with Gasteiger partial charge in [0.15, 0.2) is 0 Å². The summed E-state index contributed by atoms with van der Waals surface area (Å²) in [6.45, 7) is 1.44. The number of hydrogen-bond donors (Lipinski definition) is 1. The first-order valence-corrected chi connectivity index (χ1v) is 5.94. The van der Waals surface area contributed by atoms with Crippen molar-refractivity contribution in [2.45, 2.75) is 13.0 Å². The average molecular weight is 286 g/mol. The van der Waals surface area contributed by atoms with Crippen molar-refractivity contribution in [3.63, 3.8) is 0 Å². The lowest BCUT2D eigenvalue weighted by Crippen LogP contribution is -2.16. The summed E-state index contributed by atoms with van der Waals surface area (Å²) in [5, 5.41) is 0.278. The summed E-state index contributed by atoms with van der Waals surface area (Å²) in [6, 6.07) is 4.70. The van der Waals surface area contributed by atoms with Crippen molar-refractivity contribution in [2.75, 3.05) is 0 Å². The molecule has 2 rings (SSSR count). The predicted octanol–water partition coefficient (Wildman–Crippen LogP) is 4.11. The molecule has 0 saturated heterocycles. The summed E-state index contributed by atoms with van der Waals surface area (Å²) >= 11 is 5.75. The zero-order valence-electron chi connectivity index (χ0n) is 10.1. The fraction of sp³-hybridized carbons (Fsp3) is 0.143. The van der Waals surface area contributed by atoms with Gasteiger partial charge in [-0.2, -0.15) is 0 Å². The van der Waals surface area contributed by atoms with Gasteiger partial charge in [0.1, 0.15) is 17.5 Å². The molecule has 0 fully saturated rings. The highest BCUT2D eigenvalue weighted by Gasteiger charge is 2.19. The van der Waals surface area contributed by atoms with Crippen molar-refractivity contribution in [2.24, 2.45) is 5.73 Å². The topological polar surface area (TPSA) is 26.0 Å². The fourth-order valence-electron chi connectivity index (χ4n) is 1.82. The molecule has 1 nitrogen and oxygen atoms in total. The van der Waals surface area contributed by atoms with Gasteiger partial charge in [-0.25, -0.2) is 13.2 Å². The Bertz CT molecular complexity index is 628. The molecular formula is C14H11ClF3N. The van der Waals surface area contributed by atoms with Crippen LogP contribution in [0.2, 0.25) is 5.02 Å². The molecule has 0 aromatic heterocycles. The predicted molar refractivity (Wildman–Crippen MR) is 68.5 cm³/mol. The molecule has 19 heavy (non-hydrogen) atoms. The highest BCUT2D eigenvalue weighted by Crippen LogP contribution is 2.28. The summed E-state index contributed by atoms with van der Waals surface area (Å²) in [5.41, 5.74) is 5.88. The second-order valence-electron chi connectivity index (χ2n) is 4.27. The molecule has 0 saturated carbocycles. The zero-order valence-corrected chi connectivity index (χ0v) is 10.8. The Balaban J connectivity index is 2.52. The third-order valence-corrected chi connectivity index (χ3v) is 3.14. The van der Waals surface area contributed by atoms with Gasteiger partial charge in [-0.1, -0.05) is 11.6 Å². The van der Waals surface area contributed by atoms with E-state index >= 15 is 0 Å². The van der Waals surface area contributed by atoms with E-state index in [1.165, 1.54) is 19.1 Å². The van der Waals surface area contributed by atoms with Crippen LogP contribution >= 0.6 is 11.6 Å². The lowest BCUT2D eigenvalue weighted by Gasteiger charge is -2.15. The first kappa shape index (κ1) is 13.9. The average Bonchev–Trinajstić information content (AvgIpc) is 2.36. The Kier molecular flexibility index (Phi) is 3.83. The molecule has 5 heteroatoms. The minimum absolute atomic E-state index is 0.0228. The van der Waals surface area contributed by atoms with Crippen molar-refractivity contribution in [1.29, 1.82) is 0 Å². The second-order valence-corrected chi connectivity index (χ2v) is 4.70. The van der Waals surface area contributed by atoms with Crippen LogP contribution in [-0.4, -0.2) is 0 Å². The highest BCUT2D eigenvalue weighted by molar-refractivity contribution is 6.30. The summed E-state index contributed by atoms with van der Waals surface area (Å²) in [7, 11) is 0. The van der Waals surface area contributed by atoms with Crippen LogP contribution in [0, 0.1) is 24.4 Å². The molecule has 2 N–H and O–H groups in total. The van der Waals surface area contributed by atoms with E-state index in [2.05, 4.69) is 0 Å². The minimum atomic E-state index is -1.12. The number of aryl methyl sites for hydroxylation is 1. The third kappa shape index (κ3) is 2.74. The normalized spacial score (nSPS) is 12.5. The number of halogens is 4. The maximum Gasteiger partial charge on any atom is 0.128 e. The van der Waals surface area contributed by atoms with Gasteiger partial charge >= 0.3 is 0 Å². The first-order valence-electron chi connectivity index (χ1n) is 5.56. The standard InChI is InChI=1S/C14H11ClF3N/c1-7-4-13(18)10(6-12(7)17)14(19)9-5-8(15)2-3-11(9)16/h2-6,14H,19H2,1H3. The number of benzene rings is 2. The van der Waals surface area contributed by atoms with Crippen LogP contribution in [0.25, 0.3) is 0 Å². The van der Waals surface area contributed by atoms with Gasteiger partial charge in [0.25, 0.3) is 0 Å². The summed E-state index contributed by atoms with van der Waals surface area (Å²) in [5.74, 6) is -1.88. The van der Waals surface area contributed by atoms with E-state index in [4.69, 9.17) is 17.3 Å².